The summed E-state index contributed by atoms with van der Waals surface area (Å²) in [5.41, 5.74) is 5.87. The van der Waals surface area contributed by atoms with Crippen molar-refractivity contribution in [2.24, 2.45) is 0 Å². The summed E-state index contributed by atoms with van der Waals surface area (Å²) in [6.45, 7) is 6.28. The van der Waals surface area contributed by atoms with Crippen LogP contribution in [0.4, 0.5) is 0 Å². The molecule has 2 aliphatic rings. The summed E-state index contributed by atoms with van der Waals surface area (Å²) in [5, 5.41) is 11.8. The molecule has 1 aliphatic carbocycles. The number of piperidine rings is 1. The Kier molecular flexibility index (Phi) is 9.41. The summed E-state index contributed by atoms with van der Waals surface area (Å²) in [6, 6.07) is 11.8. The van der Waals surface area contributed by atoms with Gasteiger partial charge < -0.3 is 14.6 Å². The molecule has 1 fully saturated rings. The molecule has 5 heterocycles. The van der Waals surface area contributed by atoms with Gasteiger partial charge in [0.05, 0.1) is 35.1 Å². The number of carboxylic acid groups (broad SMARTS) is 1. The SMILES string of the molecule is COc1cc(C2CCN([C@@H]3CCc4nc(C)n(CCOc5ccc(Cl)cc5-c5cc(C)nc6c(C(=O)O)csc56)c(=O)c4C3)CC2)ccn1. The van der Waals surface area contributed by atoms with Crippen LogP contribution in [0.15, 0.2) is 52.8 Å². The van der Waals surface area contributed by atoms with Gasteiger partial charge in [-0.15, -0.1) is 11.3 Å². The third-order valence-corrected chi connectivity index (χ3v) is 11.1. The summed E-state index contributed by atoms with van der Waals surface area (Å²) in [5.74, 6) is 1.39. The third-order valence-electron chi connectivity index (χ3n) is 9.86. The Labute approximate surface area is 293 Å². The standard InChI is InChI=1S/C37H38ClN5O5S/c1-21-16-28(35-34(40-21)30(20-49-35)37(45)46)27-18-25(38)4-7-32(27)48-15-14-43-22(2)41-31-6-5-26(19-29(31)36(43)44)42-12-9-23(10-13-42)24-8-11-39-33(17-24)47-3/h4,7-8,11,16-18,20,23,26H,5-6,9-10,12-15,19H2,1-3H3,(H,45,46)/t26-/m1/s1. The molecule has 0 unspecified atom stereocenters. The lowest BCUT2D eigenvalue weighted by Gasteiger charge is -2.39. The Morgan fingerprint density at radius 2 is 1.90 bits per heavy atom. The minimum Gasteiger partial charge on any atom is -0.491 e. The fourth-order valence-electron chi connectivity index (χ4n) is 7.35. The number of fused-ring (bicyclic) bond motifs is 2. The number of hydrogen-bond donors (Lipinski definition) is 1. The van der Waals surface area contributed by atoms with E-state index in [-0.39, 0.29) is 17.7 Å². The van der Waals surface area contributed by atoms with Gasteiger partial charge in [-0.1, -0.05) is 11.6 Å². The molecule has 12 heteroatoms. The fraction of sp³-hybridized carbons (Fsp3) is 0.378. The monoisotopic (exact) mass is 699 g/mol. The molecular formula is C37H38ClN5O5S. The molecule has 5 aromatic rings. The predicted octanol–water partition coefficient (Wildman–Crippen LogP) is 6.71. The van der Waals surface area contributed by atoms with Gasteiger partial charge in [-0.05, 0) is 101 Å². The molecular weight excluding hydrogens is 662 g/mol. The van der Waals surface area contributed by atoms with Crippen LogP contribution in [-0.4, -0.2) is 68.3 Å². The van der Waals surface area contributed by atoms with Crippen LogP contribution in [0.2, 0.25) is 5.02 Å². The maximum Gasteiger partial charge on any atom is 0.338 e. The number of likely N-dealkylation sites (tertiary alicyclic amines) is 1. The second-order valence-corrected chi connectivity index (χ2v) is 14.1. The van der Waals surface area contributed by atoms with Gasteiger partial charge in [0.15, 0.2) is 0 Å². The number of pyridine rings is 2. The minimum atomic E-state index is -1.02. The zero-order valence-electron chi connectivity index (χ0n) is 27.7. The highest BCUT2D eigenvalue weighted by Gasteiger charge is 2.31. The predicted molar refractivity (Wildman–Crippen MR) is 191 cm³/mol. The number of rotatable bonds is 9. The van der Waals surface area contributed by atoms with E-state index in [1.165, 1.54) is 16.9 Å². The van der Waals surface area contributed by atoms with Crippen LogP contribution in [0, 0.1) is 13.8 Å². The first-order valence-corrected chi connectivity index (χ1v) is 17.8. The van der Waals surface area contributed by atoms with E-state index < -0.39 is 5.97 Å². The average Bonchev–Trinajstić information content (AvgIpc) is 3.54. The Morgan fingerprint density at radius 1 is 1.08 bits per heavy atom. The van der Waals surface area contributed by atoms with Crippen LogP contribution in [0.1, 0.15) is 63.9 Å². The van der Waals surface area contributed by atoms with Crippen molar-refractivity contribution in [2.75, 3.05) is 26.8 Å². The van der Waals surface area contributed by atoms with Gasteiger partial charge in [0, 0.05) is 51.1 Å². The summed E-state index contributed by atoms with van der Waals surface area (Å²) in [7, 11) is 1.65. The largest absolute Gasteiger partial charge is 0.491 e. The van der Waals surface area contributed by atoms with E-state index in [0.29, 0.717) is 58.6 Å². The molecule has 0 saturated carbocycles. The van der Waals surface area contributed by atoms with Gasteiger partial charge in [-0.3, -0.25) is 19.2 Å². The Bertz CT molecular complexity index is 2110. The van der Waals surface area contributed by atoms with E-state index in [0.717, 1.165) is 65.9 Å². The maximum absolute atomic E-state index is 13.9. The van der Waals surface area contributed by atoms with Gasteiger partial charge in [-0.2, -0.15) is 0 Å². The van der Waals surface area contributed by atoms with Crippen molar-refractivity contribution in [3.8, 4) is 22.8 Å². The van der Waals surface area contributed by atoms with E-state index in [4.69, 9.17) is 26.1 Å². The molecule has 1 aliphatic heterocycles. The van der Waals surface area contributed by atoms with E-state index in [1.807, 2.05) is 44.3 Å². The molecule has 10 nitrogen and oxygen atoms in total. The molecule has 0 amide bonds. The van der Waals surface area contributed by atoms with Gasteiger partial charge >= 0.3 is 5.97 Å². The lowest BCUT2D eigenvalue weighted by molar-refractivity contribution is 0.0699. The van der Waals surface area contributed by atoms with Crippen molar-refractivity contribution in [1.82, 2.24) is 24.4 Å². The fourth-order valence-corrected chi connectivity index (χ4v) is 8.53. The van der Waals surface area contributed by atoms with Gasteiger partial charge in [0.2, 0.25) is 5.88 Å². The molecule has 0 spiro atoms. The summed E-state index contributed by atoms with van der Waals surface area (Å²) >= 11 is 7.77. The molecule has 1 aromatic carbocycles. The highest BCUT2D eigenvalue weighted by Crippen LogP contribution is 2.40. The smallest absolute Gasteiger partial charge is 0.338 e. The normalized spacial score (nSPS) is 16.9. The number of aromatic nitrogens is 4. The molecule has 1 saturated heterocycles. The molecule has 4 aromatic heterocycles. The Balaban J connectivity index is 1.06. The number of carboxylic acids is 1. The minimum absolute atomic E-state index is 0.0112. The Hall–Kier alpha value is -4.32. The quantitative estimate of drug-likeness (QED) is 0.179. The summed E-state index contributed by atoms with van der Waals surface area (Å²) < 4.78 is 14.1. The first-order chi connectivity index (χ1) is 23.7. The zero-order chi connectivity index (χ0) is 34.2. The van der Waals surface area contributed by atoms with Crippen molar-refractivity contribution < 1.29 is 19.4 Å². The molecule has 7 rings (SSSR count). The highest BCUT2D eigenvalue weighted by molar-refractivity contribution is 7.18. The summed E-state index contributed by atoms with van der Waals surface area (Å²) in [4.78, 5) is 42.0. The number of thiophene rings is 1. The molecule has 0 bridgehead atoms. The first-order valence-electron chi connectivity index (χ1n) is 16.6. The third kappa shape index (κ3) is 6.67. The lowest BCUT2D eigenvalue weighted by Crippen LogP contribution is -2.46. The maximum atomic E-state index is 13.9. The van der Waals surface area contributed by atoms with Gasteiger partial charge in [-0.25, -0.2) is 14.8 Å². The lowest BCUT2D eigenvalue weighted by atomic mass is 9.86. The van der Waals surface area contributed by atoms with Crippen molar-refractivity contribution in [3.05, 3.63) is 97.3 Å². The second-order valence-electron chi connectivity index (χ2n) is 12.8. The van der Waals surface area contributed by atoms with Crippen molar-refractivity contribution in [2.45, 2.75) is 64.5 Å². The van der Waals surface area contributed by atoms with Crippen molar-refractivity contribution >= 4 is 39.1 Å². The van der Waals surface area contributed by atoms with E-state index in [9.17, 15) is 14.7 Å². The van der Waals surface area contributed by atoms with Crippen LogP contribution < -0.4 is 15.0 Å². The summed E-state index contributed by atoms with van der Waals surface area (Å²) in [6.07, 6.45) is 6.45. The number of halogens is 1. The number of carbonyl (C=O) groups is 1. The van der Waals surface area contributed by atoms with E-state index in [1.54, 1.807) is 23.1 Å². The van der Waals surface area contributed by atoms with Gasteiger partial charge in [0.1, 0.15) is 18.2 Å². The van der Waals surface area contributed by atoms with Crippen molar-refractivity contribution in [3.63, 3.8) is 0 Å². The number of methoxy groups -OCH3 is 1. The molecule has 49 heavy (non-hydrogen) atoms. The number of nitrogens with zero attached hydrogens (tertiary/aromatic N) is 5. The molecule has 0 radical (unpaired) electrons. The zero-order valence-corrected chi connectivity index (χ0v) is 29.3. The van der Waals surface area contributed by atoms with E-state index in [2.05, 4.69) is 20.9 Å². The second kappa shape index (κ2) is 13.9. The number of benzene rings is 1. The molecule has 254 valence electrons. The van der Waals surface area contributed by atoms with Crippen LogP contribution in [0.25, 0.3) is 21.3 Å². The van der Waals surface area contributed by atoms with Crippen molar-refractivity contribution in [1.29, 1.82) is 0 Å². The topological polar surface area (TPSA) is 120 Å². The number of aromatic carboxylic acids is 1. The van der Waals surface area contributed by atoms with Crippen LogP contribution in [0.3, 0.4) is 0 Å². The van der Waals surface area contributed by atoms with Crippen LogP contribution in [-0.2, 0) is 19.4 Å². The Morgan fingerprint density at radius 3 is 2.67 bits per heavy atom. The molecule has 1 N–H and O–H groups in total. The number of hydrogen-bond acceptors (Lipinski definition) is 9. The van der Waals surface area contributed by atoms with E-state index >= 15 is 0 Å². The first kappa shape index (κ1) is 33.2. The number of ether oxygens (including phenoxy) is 2. The number of aryl methyl sites for hydroxylation is 3. The molecule has 1 atom stereocenters. The average molecular weight is 700 g/mol. The van der Waals surface area contributed by atoms with Crippen LogP contribution >= 0.6 is 22.9 Å². The van der Waals surface area contributed by atoms with Gasteiger partial charge in [0.25, 0.3) is 5.56 Å². The van der Waals surface area contributed by atoms with Crippen LogP contribution in [0.5, 0.6) is 11.6 Å². The highest BCUT2D eigenvalue weighted by atomic mass is 35.5.